The van der Waals surface area contributed by atoms with E-state index in [1.54, 1.807) is 11.9 Å². The third kappa shape index (κ3) is 2.61. The zero-order valence-electron chi connectivity index (χ0n) is 9.03. The van der Waals surface area contributed by atoms with E-state index < -0.39 is 0 Å². The van der Waals surface area contributed by atoms with Gasteiger partial charge in [-0.3, -0.25) is 0 Å². The summed E-state index contributed by atoms with van der Waals surface area (Å²) in [4.78, 5) is 12.9. The molecule has 1 saturated carbocycles. The molecule has 0 atom stereocenters. The molecule has 4 heteroatoms. The van der Waals surface area contributed by atoms with E-state index in [1.807, 2.05) is 0 Å². The second kappa shape index (κ2) is 5.20. The van der Waals surface area contributed by atoms with E-state index in [2.05, 4.69) is 4.74 Å². The smallest absolute Gasteiger partial charge is 0.409 e. The first kappa shape index (κ1) is 11.3. The van der Waals surface area contributed by atoms with Crippen LogP contribution in [0.3, 0.4) is 0 Å². The number of methoxy groups -OCH3 is 1. The van der Waals surface area contributed by atoms with Gasteiger partial charge in [0, 0.05) is 13.1 Å². The van der Waals surface area contributed by atoms with Gasteiger partial charge >= 0.3 is 6.09 Å². The predicted octanol–water partition coefficient (Wildman–Crippen LogP) is 1.20. The van der Waals surface area contributed by atoms with E-state index in [0.717, 1.165) is 32.2 Å². The zero-order chi connectivity index (χ0) is 10.6. The van der Waals surface area contributed by atoms with E-state index in [1.165, 1.54) is 7.11 Å². The highest BCUT2D eigenvalue weighted by atomic mass is 16.5. The van der Waals surface area contributed by atoms with E-state index in [9.17, 15) is 4.79 Å². The van der Waals surface area contributed by atoms with Gasteiger partial charge in [-0.05, 0) is 38.1 Å². The van der Waals surface area contributed by atoms with Crippen LogP contribution in [0, 0.1) is 5.92 Å². The third-order valence-corrected chi connectivity index (χ3v) is 3.16. The predicted molar refractivity (Wildman–Crippen MR) is 55.0 cm³/mol. The van der Waals surface area contributed by atoms with Gasteiger partial charge < -0.3 is 15.4 Å². The molecule has 0 aromatic rings. The van der Waals surface area contributed by atoms with Crippen molar-refractivity contribution >= 4 is 6.09 Å². The Bertz CT molecular complexity index is 189. The summed E-state index contributed by atoms with van der Waals surface area (Å²) in [5.74, 6) is 0.650. The van der Waals surface area contributed by atoms with Crippen molar-refractivity contribution in [3.63, 3.8) is 0 Å². The van der Waals surface area contributed by atoms with Gasteiger partial charge in [0.1, 0.15) is 0 Å². The molecule has 14 heavy (non-hydrogen) atoms. The first-order chi connectivity index (χ1) is 6.69. The van der Waals surface area contributed by atoms with Crippen LogP contribution in [0.15, 0.2) is 0 Å². The van der Waals surface area contributed by atoms with Gasteiger partial charge in [0.15, 0.2) is 0 Å². The average Bonchev–Trinajstić information content (AvgIpc) is 2.27. The zero-order valence-corrected chi connectivity index (χ0v) is 9.03. The monoisotopic (exact) mass is 200 g/mol. The Morgan fingerprint density at radius 1 is 1.43 bits per heavy atom. The van der Waals surface area contributed by atoms with E-state index in [0.29, 0.717) is 12.0 Å². The number of hydrogen-bond donors (Lipinski definition) is 1. The third-order valence-electron chi connectivity index (χ3n) is 3.16. The molecule has 1 amide bonds. The first-order valence-corrected chi connectivity index (χ1v) is 5.20. The standard InChI is InChI=1S/C10H20N2O2/c1-12(10(13)14-2)9-5-3-8(7-11)4-6-9/h8-9H,3-7,11H2,1-2H3. The Balaban J connectivity index is 2.37. The molecule has 0 saturated heterocycles. The maximum atomic E-state index is 11.2. The normalized spacial score (nSPS) is 27.1. The molecule has 0 aliphatic heterocycles. The highest BCUT2D eigenvalue weighted by molar-refractivity contribution is 5.67. The van der Waals surface area contributed by atoms with Gasteiger partial charge in [-0.25, -0.2) is 4.79 Å². The molecule has 0 aromatic carbocycles. The van der Waals surface area contributed by atoms with E-state index >= 15 is 0 Å². The molecule has 0 radical (unpaired) electrons. The summed E-state index contributed by atoms with van der Waals surface area (Å²) in [7, 11) is 3.23. The minimum atomic E-state index is -0.235. The Hall–Kier alpha value is -0.770. The molecule has 4 nitrogen and oxygen atoms in total. The van der Waals surface area contributed by atoms with Crippen molar-refractivity contribution in [2.75, 3.05) is 20.7 Å². The Labute approximate surface area is 85.4 Å². The SMILES string of the molecule is COC(=O)N(C)C1CCC(CN)CC1. The van der Waals surface area contributed by atoms with Crippen molar-refractivity contribution in [3.8, 4) is 0 Å². The number of nitrogens with zero attached hydrogens (tertiary/aromatic N) is 1. The van der Waals surface area contributed by atoms with Gasteiger partial charge in [-0.2, -0.15) is 0 Å². The fraction of sp³-hybridized carbons (Fsp3) is 0.900. The van der Waals surface area contributed by atoms with Gasteiger partial charge in [0.05, 0.1) is 7.11 Å². The Kier molecular flexibility index (Phi) is 4.20. The molecule has 1 rings (SSSR count). The summed E-state index contributed by atoms with van der Waals surface area (Å²) in [5, 5.41) is 0. The highest BCUT2D eigenvalue weighted by Crippen LogP contribution is 2.26. The van der Waals surface area contributed by atoms with E-state index in [4.69, 9.17) is 5.73 Å². The van der Waals surface area contributed by atoms with Crippen LogP contribution in [-0.2, 0) is 4.74 Å². The van der Waals surface area contributed by atoms with Crippen molar-refractivity contribution in [2.24, 2.45) is 11.7 Å². The van der Waals surface area contributed by atoms with Crippen LogP contribution in [0.5, 0.6) is 0 Å². The second-order valence-electron chi connectivity index (χ2n) is 3.99. The molecule has 1 aliphatic carbocycles. The lowest BCUT2D eigenvalue weighted by atomic mass is 9.86. The van der Waals surface area contributed by atoms with Crippen molar-refractivity contribution < 1.29 is 9.53 Å². The lowest BCUT2D eigenvalue weighted by Crippen LogP contribution is -2.40. The van der Waals surface area contributed by atoms with Crippen LogP contribution in [0.2, 0.25) is 0 Å². The molecular formula is C10H20N2O2. The second-order valence-corrected chi connectivity index (χ2v) is 3.99. The van der Waals surface area contributed by atoms with Crippen molar-refractivity contribution in [3.05, 3.63) is 0 Å². The van der Waals surface area contributed by atoms with Crippen LogP contribution < -0.4 is 5.73 Å². The van der Waals surface area contributed by atoms with Crippen LogP contribution in [0.4, 0.5) is 4.79 Å². The minimum Gasteiger partial charge on any atom is -0.453 e. The lowest BCUT2D eigenvalue weighted by molar-refractivity contribution is 0.102. The van der Waals surface area contributed by atoms with Crippen LogP contribution in [-0.4, -0.2) is 37.7 Å². The van der Waals surface area contributed by atoms with Gasteiger partial charge in [-0.15, -0.1) is 0 Å². The van der Waals surface area contributed by atoms with Crippen LogP contribution >= 0.6 is 0 Å². The summed E-state index contributed by atoms with van der Waals surface area (Å²) in [5.41, 5.74) is 5.61. The highest BCUT2D eigenvalue weighted by Gasteiger charge is 2.26. The van der Waals surface area contributed by atoms with Crippen molar-refractivity contribution in [2.45, 2.75) is 31.7 Å². The Morgan fingerprint density at radius 2 is 2.00 bits per heavy atom. The summed E-state index contributed by atoms with van der Waals surface area (Å²) < 4.78 is 4.68. The van der Waals surface area contributed by atoms with Crippen molar-refractivity contribution in [1.29, 1.82) is 0 Å². The summed E-state index contributed by atoms with van der Waals surface area (Å²) in [6.45, 7) is 0.772. The summed E-state index contributed by atoms with van der Waals surface area (Å²) in [6.07, 6.45) is 4.12. The number of amides is 1. The van der Waals surface area contributed by atoms with Crippen LogP contribution in [0.1, 0.15) is 25.7 Å². The largest absolute Gasteiger partial charge is 0.453 e. The topological polar surface area (TPSA) is 55.6 Å². The number of rotatable bonds is 2. The molecule has 0 heterocycles. The van der Waals surface area contributed by atoms with Crippen molar-refractivity contribution in [1.82, 2.24) is 4.90 Å². The molecule has 0 bridgehead atoms. The average molecular weight is 200 g/mol. The van der Waals surface area contributed by atoms with Gasteiger partial charge in [0.25, 0.3) is 0 Å². The maximum Gasteiger partial charge on any atom is 0.409 e. The molecule has 2 N–H and O–H groups in total. The number of nitrogens with two attached hydrogens (primary N) is 1. The number of ether oxygens (including phenoxy) is 1. The fourth-order valence-electron chi connectivity index (χ4n) is 2.06. The molecule has 82 valence electrons. The molecule has 1 aliphatic rings. The number of carbonyl (C=O) groups excluding carboxylic acids is 1. The minimum absolute atomic E-state index is 0.235. The number of carbonyl (C=O) groups is 1. The Morgan fingerprint density at radius 3 is 2.43 bits per heavy atom. The molecule has 0 aromatic heterocycles. The molecular weight excluding hydrogens is 180 g/mol. The fourth-order valence-corrected chi connectivity index (χ4v) is 2.06. The summed E-state index contributed by atoms with van der Waals surface area (Å²) in [6, 6.07) is 0.338. The quantitative estimate of drug-likeness (QED) is 0.728. The lowest BCUT2D eigenvalue weighted by Gasteiger charge is -2.33. The van der Waals surface area contributed by atoms with Gasteiger partial charge in [-0.1, -0.05) is 0 Å². The van der Waals surface area contributed by atoms with E-state index in [-0.39, 0.29) is 6.09 Å². The summed E-state index contributed by atoms with van der Waals surface area (Å²) >= 11 is 0. The molecule has 1 fully saturated rings. The van der Waals surface area contributed by atoms with Crippen LogP contribution in [0.25, 0.3) is 0 Å². The first-order valence-electron chi connectivity index (χ1n) is 5.20. The van der Waals surface area contributed by atoms with Gasteiger partial charge in [0.2, 0.25) is 0 Å². The maximum absolute atomic E-state index is 11.2. The molecule has 0 unspecified atom stereocenters. The number of hydrogen-bond acceptors (Lipinski definition) is 3. The molecule has 0 spiro atoms.